The summed E-state index contributed by atoms with van der Waals surface area (Å²) >= 11 is 3.64. The van der Waals surface area contributed by atoms with Gasteiger partial charge in [-0.25, -0.2) is 0 Å². The van der Waals surface area contributed by atoms with Crippen molar-refractivity contribution < 1.29 is 4.74 Å². The van der Waals surface area contributed by atoms with Gasteiger partial charge in [0.15, 0.2) is 0 Å². The first kappa shape index (κ1) is 13.1. The molecule has 0 spiro atoms. The van der Waals surface area contributed by atoms with Crippen LogP contribution in [0.5, 0.6) is 0 Å². The van der Waals surface area contributed by atoms with Crippen molar-refractivity contribution in [2.75, 3.05) is 38.2 Å². The molecule has 1 aliphatic heterocycles. The molecule has 1 atom stereocenters. The predicted molar refractivity (Wildman–Crippen MR) is 74.9 cm³/mol. The molecule has 1 saturated heterocycles. The van der Waals surface area contributed by atoms with Gasteiger partial charge >= 0.3 is 0 Å². The Morgan fingerprint density at radius 1 is 1.18 bits per heavy atom. The molecular weight excluding hydrogens is 278 g/mol. The summed E-state index contributed by atoms with van der Waals surface area (Å²) in [6, 6.07) is 10.8. The summed E-state index contributed by atoms with van der Waals surface area (Å²) in [7, 11) is 0. The highest BCUT2D eigenvalue weighted by Crippen LogP contribution is 2.19. The van der Waals surface area contributed by atoms with Crippen molar-refractivity contribution in [3.63, 3.8) is 0 Å². The van der Waals surface area contributed by atoms with Crippen molar-refractivity contribution in [1.29, 1.82) is 0 Å². The van der Waals surface area contributed by atoms with Crippen LogP contribution in [0.3, 0.4) is 0 Å². The van der Waals surface area contributed by atoms with Crippen LogP contribution >= 0.6 is 15.9 Å². The summed E-state index contributed by atoms with van der Waals surface area (Å²) in [6.45, 7) is 5.15. The summed E-state index contributed by atoms with van der Waals surface area (Å²) in [5.41, 5.74) is 1.43. The third-order valence-corrected chi connectivity index (χ3v) is 4.03. The minimum Gasteiger partial charge on any atom is -0.380 e. The Hall–Kier alpha value is -0.380. The highest BCUT2D eigenvalue weighted by Gasteiger charge is 2.16. The number of rotatable bonds is 4. The Bertz CT molecular complexity index is 309. The summed E-state index contributed by atoms with van der Waals surface area (Å²) in [4.78, 5) is 2.52. The van der Waals surface area contributed by atoms with Crippen LogP contribution in [0.15, 0.2) is 30.3 Å². The molecule has 0 amide bonds. The standard InChI is InChI=1S/C14H20BrNO/c15-11-14(13-5-2-1-3-6-13)12-16-7-4-9-17-10-8-16/h1-3,5-6,14H,4,7-12H2. The van der Waals surface area contributed by atoms with Crippen LogP contribution in [0.25, 0.3) is 0 Å². The minimum absolute atomic E-state index is 0.578. The Morgan fingerprint density at radius 2 is 2.00 bits per heavy atom. The third kappa shape index (κ3) is 4.09. The first-order chi connectivity index (χ1) is 8.40. The van der Waals surface area contributed by atoms with Crippen LogP contribution in [0.2, 0.25) is 0 Å². The molecule has 2 nitrogen and oxygen atoms in total. The number of alkyl halides is 1. The van der Waals surface area contributed by atoms with E-state index in [1.807, 2.05) is 0 Å². The highest BCUT2D eigenvalue weighted by atomic mass is 79.9. The molecule has 2 rings (SSSR count). The van der Waals surface area contributed by atoms with Crippen molar-refractivity contribution in [3.05, 3.63) is 35.9 Å². The Balaban J connectivity index is 1.94. The largest absolute Gasteiger partial charge is 0.380 e. The predicted octanol–water partition coefficient (Wildman–Crippen LogP) is 2.89. The molecule has 0 saturated carbocycles. The van der Waals surface area contributed by atoms with Crippen molar-refractivity contribution in [1.82, 2.24) is 4.90 Å². The first-order valence-corrected chi connectivity index (χ1v) is 7.43. The minimum atomic E-state index is 0.578. The van der Waals surface area contributed by atoms with Crippen LogP contribution in [-0.2, 0) is 4.74 Å². The van der Waals surface area contributed by atoms with Gasteiger partial charge in [-0.05, 0) is 12.0 Å². The van der Waals surface area contributed by atoms with E-state index in [4.69, 9.17) is 4.74 Å². The van der Waals surface area contributed by atoms with E-state index >= 15 is 0 Å². The van der Waals surface area contributed by atoms with E-state index in [2.05, 4.69) is 51.2 Å². The van der Waals surface area contributed by atoms with Crippen molar-refractivity contribution in [2.45, 2.75) is 12.3 Å². The van der Waals surface area contributed by atoms with E-state index in [-0.39, 0.29) is 0 Å². The van der Waals surface area contributed by atoms with Gasteiger partial charge in [-0.3, -0.25) is 0 Å². The van der Waals surface area contributed by atoms with Gasteiger partial charge in [0.25, 0.3) is 0 Å². The lowest BCUT2D eigenvalue weighted by molar-refractivity contribution is 0.140. The number of hydrogen-bond acceptors (Lipinski definition) is 2. The van der Waals surface area contributed by atoms with Gasteiger partial charge in [-0.1, -0.05) is 46.3 Å². The molecule has 0 aliphatic carbocycles. The fraction of sp³-hybridized carbons (Fsp3) is 0.571. The molecule has 3 heteroatoms. The summed E-state index contributed by atoms with van der Waals surface area (Å²) in [6.07, 6.45) is 1.16. The number of benzene rings is 1. The Kier molecular flexibility index (Phi) is 5.49. The van der Waals surface area contributed by atoms with E-state index < -0.39 is 0 Å². The average Bonchev–Trinajstić information content (AvgIpc) is 2.65. The molecule has 0 bridgehead atoms. The van der Waals surface area contributed by atoms with Gasteiger partial charge in [0.2, 0.25) is 0 Å². The maximum absolute atomic E-state index is 5.49. The molecule has 1 aromatic rings. The fourth-order valence-corrected chi connectivity index (χ4v) is 2.84. The smallest absolute Gasteiger partial charge is 0.0593 e. The van der Waals surface area contributed by atoms with Gasteiger partial charge in [0.05, 0.1) is 6.61 Å². The Morgan fingerprint density at radius 3 is 2.76 bits per heavy atom. The maximum Gasteiger partial charge on any atom is 0.0593 e. The third-order valence-electron chi connectivity index (χ3n) is 3.25. The molecule has 1 heterocycles. The molecule has 1 aromatic carbocycles. The molecule has 94 valence electrons. The van der Waals surface area contributed by atoms with Crippen LogP contribution in [0, 0.1) is 0 Å². The van der Waals surface area contributed by atoms with Crippen LogP contribution < -0.4 is 0 Å². The topological polar surface area (TPSA) is 12.5 Å². The fourth-order valence-electron chi connectivity index (χ4n) is 2.26. The van der Waals surface area contributed by atoms with E-state index in [9.17, 15) is 0 Å². The second-order valence-electron chi connectivity index (χ2n) is 4.53. The quantitative estimate of drug-likeness (QED) is 0.793. The van der Waals surface area contributed by atoms with Gasteiger partial charge < -0.3 is 9.64 Å². The molecule has 1 unspecified atom stereocenters. The average molecular weight is 298 g/mol. The van der Waals surface area contributed by atoms with Crippen molar-refractivity contribution >= 4 is 15.9 Å². The summed E-state index contributed by atoms with van der Waals surface area (Å²) in [5, 5.41) is 1.02. The van der Waals surface area contributed by atoms with Crippen molar-refractivity contribution in [3.8, 4) is 0 Å². The van der Waals surface area contributed by atoms with Crippen LogP contribution in [-0.4, -0.2) is 43.1 Å². The SMILES string of the molecule is BrCC(CN1CCCOCC1)c1ccccc1. The van der Waals surface area contributed by atoms with Crippen LogP contribution in [0.1, 0.15) is 17.9 Å². The maximum atomic E-state index is 5.49. The van der Waals surface area contributed by atoms with Crippen LogP contribution in [0.4, 0.5) is 0 Å². The zero-order valence-corrected chi connectivity index (χ0v) is 11.7. The number of ether oxygens (including phenoxy) is 1. The normalized spacial score (nSPS) is 19.8. The highest BCUT2D eigenvalue weighted by molar-refractivity contribution is 9.09. The van der Waals surface area contributed by atoms with E-state index in [0.717, 1.165) is 44.6 Å². The molecular formula is C14H20BrNO. The summed E-state index contributed by atoms with van der Waals surface area (Å²) < 4.78 is 5.49. The molecule has 1 aliphatic rings. The lowest BCUT2D eigenvalue weighted by atomic mass is 10.0. The van der Waals surface area contributed by atoms with Gasteiger partial charge in [-0.15, -0.1) is 0 Å². The lowest BCUT2D eigenvalue weighted by Crippen LogP contribution is -2.31. The van der Waals surface area contributed by atoms with E-state index in [0.29, 0.717) is 5.92 Å². The number of hydrogen-bond donors (Lipinski definition) is 0. The summed E-state index contributed by atoms with van der Waals surface area (Å²) in [5.74, 6) is 0.578. The molecule has 1 fully saturated rings. The molecule has 0 radical (unpaired) electrons. The molecule has 17 heavy (non-hydrogen) atoms. The zero-order chi connectivity index (χ0) is 11.9. The first-order valence-electron chi connectivity index (χ1n) is 6.31. The lowest BCUT2D eigenvalue weighted by Gasteiger charge is -2.24. The van der Waals surface area contributed by atoms with Gasteiger partial charge in [0, 0.05) is 37.5 Å². The second-order valence-corrected chi connectivity index (χ2v) is 5.18. The van der Waals surface area contributed by atoms with E-state index in [1.54, 1.807) is 0 Å². The zero-order valence-electron chi connectivity index (χ0n) is 10.1. The van der Waals surface area contributed by atoms with E-state index in [1.165, 1.54) is 5.56 Å². The second kappa shape index (κ2) is 7.14. The van der Waals surface area contributed by atoms with Gasteiger partial charge in [0.1, 0.15) is 0 Å². The molecule has 0 N–H and O–H groups in total. The monoisotopic (exact) mass is 297 g/mol. The van der Waals surface area contributed by atoms with Gasteiger partial charge in [-0.2, -0.15) is 0 Å². The number of nitrogens with zero attached hydrogens (tertiary/aromatic N) is 1. The molecule has 0 aromatic heterocycles. The van der Waals surface area contributed by atoms with Crippen molar-refractivity contribution in [2.24, 2.45) is 0 Å². The Labute approximate surface area is 112 Å². The number of halogens is 1.